The molecule has 0 atom stereocenters. The van der Waals surface area contributed by atoms with E-state index >= 15 is 0 Å². The van der Waals surface area contributed by atoms with Gasteiger partial charge in [-0.25, -0.2) is 4.79 Å². The number of carbonyl (C=O) groups is 2. The van der Waals surface area contributed by atoms with Crippen molar-refractivity contribution in [1.29, 1.82) is 5.26 Å². The number of nitro benzene ring substituents is 2. The van der Waals surface area contributed by atoms with E-state index < -0.39 is 38.7 Å². The van der Waals surface area contributed by atoms with Crippen molar-refractivity contribution in [2.24, 2.45) is 0 Å². The third kappa shape index (κ3) is 6.59. The van der Waals surface area contributed by atoms with Crippen LogP contribution in [0, 0.1) is 38.5 Å². The van der Waals surface area contributed by atoms with Crippen molar-refractivity contribution >= 4 is 29.3 Å². The van der Waals surface area contributed by atoms with Crippen LogP contribution in [0.25, 0.3) is 6.08 Å². The Bertz CT molecular complexity index is 1210. The van der Waals surface area contributed by atoms with E-state index in [0.717, 1.165) is 12.1 Å². The molecule has 13 nitrogen and oxygen atoms in total. The summed E-state index contributed by atoms with van der Waals surface area (Å²) < 4.78 is 15.3. The summed E-state index contributed by atoms with van der Waals surface area (Å²) in [6.45, 7) is 1.68. The number of ether oxygens (including phenoxy) is 3. The Morgan fingerprint density at radius 1 is 1.09 bits per heavy atom. The summed E-state index contributed by atoms with van der Waals surface area (Å²) in [4.78, 5) is 45.6. The van der Waals surface area contributed by atoms with Crippen LogP contribution in [0.15, 0.2) is 35.9 Å². The highest BCUT2D eigenvalue weighted by molar-refractivity contribution is 6.01. The number of hydrogen-bond donors (Lipinski definition) is 1. The molecule has 1 amide bonds. The van der Waals surface area contributed by atoms with E-state index in [1.807, 2.05) is 0 Å². The molecule has 1 N–H and O–H groups in total. The van der Waals surface area contributed by atoms with E-state index in [4.69, 9.17) is 14.2 Å². The van der Waals surface area contributed by atoms with Gasteiger partial charge in [-0.2, -0.15) is 5.26 Å². The summed E-state index contributed by atoms with van der Waals surface area (Å²) in [7, 11) is 2.75. The second kappa shape index (κ2) is 11.9. The van der Waals surface area contributed by atoms with Gasteiger partial charge in [-0.15, -0.1) is 0 Å². The summed E-state index contributed by atoms with van der Waals surface area (Å²) in [5, 5.41) is 34.3. The number of methoxy groups -OCH3 is 2. The summed E-state index contributed by atoms with van der Waals surface area (Å²) in [6, 6.07) is 7.70. The van der Waals surface area contributed by atoms with Crippen molar-refractivity contribution < 1.29 is 33.6 Å². The predicted octanol–water partition coefficient (Wildman–Crippen LogP) is 2.71. The van der Waals surface area contributed by atoms with E-state index in [9.17, 15) is 35.1 Å². The second-order valence-corrected chi connectivity index (χ2v) is 6.87. The molecule has 2 aromatic carbocycles. The maximum Gasteiger partial charge on any atom is 0.344 e. The zero-order chi connectivity index (χ0) is 26.1. The lowest BCUT2D eigenvalue weighted by Gasteiger charge is -2.11. The molecule has 35 heavy (non-hydrogen) atoms. The molecule has 0 aliphatic rings. The van der Waals surface area contributed by atoms with Crippen molar-refractivity contribution in [3.63, 3.8) is 0 Å². The fourth-order valence-corrected chi connectivity index (χ4v) is 2.88. The molecule has 0 fully saturated rings. The molecule has 0 spiro atoms. The van der Waals surface area contributed by atoms with E-state index in [0.29, 0.717) is 5.56 Å². The molecular weight excluding hydrogens is 464 g/mol. The Labute approximate surface area is 198 Å². The minimum Gasteiger partial charge on any atom is -0.493 e. The molecule has 0 saturated carbocycles. The van der Waals surface area contributed by atoms with Gasteiger partial charge in [0.25, 0.3) is 17.3 Å². The van der Waals surface area contributed by atoms with Crippen molar-refractivity contribution in [3.05, 3.63) is 72.8 Å². The Hall–Kier alpha value is -4.83. The predicted molar refractivity (Wildman–Crippen MR) is 121 cm³/mol. The first-order valence-electron chi connectivity index (χ1n) is 9.85. The highest BCUT2D eigenvalue weighted by Crippen LogP contribution is 2.32. The monoisotopic (exact) mass is 484 g/mol. The third-order valence-electron chi connectivity index (χ3n) is 4.64. The van der Waals surface area contributed by atoms with Gasteiger partial charge in [0.1, 0.15) is 17.2 Å². The summed E-state index contributed by atoms with van der Waals surface area (Å²) in [5.41, 5.74) is -1.63. The molecule has 0 saturated heterocycles. The molecule has 0 radical (unpaired) electrons. The van der Waals surface area contributed by atoms with Gasteiger partial charge >= 0.3 is 5.97 Å². The number of carbonyl (C=O) groups excluding carboxylic acids is 2. The Morgan fingerprint density at radius 3 is 2.23 bits per heavy atom. The lowest BCUT2D eigenvalue weighted by Crippen LogP contribution is -2.27. The van der Waals surface area contributed by atoms with Crippen LogP contribution in [-0.4, -0.2) is 49.1 Å². The molecule has 0 aliphatic heterocycles. The topological polar surface area (TPSA) is 184 Å². The lowest BCUT2D eigenvalue weighted by atomic mass is 10.1. The van der Waals surface area contributed by atoms with E-state index in [-0.39, 0.29) is 35.8 Å². The number of amides is 1. The molecule has 182 valence electrons. The van der Waals surface area contributed by atoms with Crippen LogP contribution in [0.3, 0.4) is 0 Å². The molecular formula is C22H20N4O9. The highest BCUT2D eigenvalue weighted by Gasteiger charge is 2.26. The summed E-state index contributed by atoms with van der Waals surface area (Å²) in [5.74, 6) is -1.75. The number of nitrogens with zero attached hydrogens (tertiary/aromatic N) is 3. The first kappa shape index (κ1) is 26.4. The van der Waals surface area contributed by atoms with Gasteiger partial charge in [-0.05, 0) is 30.7 Å². The third-order valence-corrected chi connectivity index (χ3v) is 4.64. The van der Waals surface area contributed by atoms with E-state index in [1.165, 1.54) is 45.4 Å². The molecule has 0 bridgehead atoms. The summed E-state index contributed by atoms with van der Waals surface area (Å²) >= 11 is 0. The van der Waals surface area contributed by atoms with E-state index in [2.05, 4.69) is 5.32 Å². The minimum atomic E-state index is -1.09. The van der Waals surface area contributed by atoms with Crippen LogP contribution in [0.4, 0.5) is 11.4 Å². The molecule has 2 aromatic rings. The number of nitrogens with one attached hydrogen (secondary N) is 1. The fourth-order valence-electron chi connectivity index (χ4n) is 2.88. The van der Waals surface area contributed by atoms with Gasteiger partial charge < -0.3 is 19.5 Å². The van der Waals surface area contributed by atoms with Crippen LogP contribution >= 0.6 is 0 Å². The maximum absolute atomic E-state index is 12.6. The van der Waals surface area contributed by atoms with Crippen molar-refractivity contribution in [3.8, 4) is 17.6 Å². The lowest BCUT2D eigenvalue weighted by molar-refractivity contribution is -0.395. The standard InChI is InChI=1S/C22H20N4O9/c1-13-17(25(29)30)10-15(11-18(13)26(31)32)22(28)35-19-5-4-14(9-20(19)34-3)8-16(12-23)21(27)24-6-7-33-2/h4-5,8-11H,6-7H2,1-3H3,(H,24,27)/b16-8+. The average Bonchev–Trinajstić information content (AvgIpc) is 2.82. The fraction of sp³-hybridized carbons (Fsp3) is 0.227. The van der Waals surface area contributed by atoms with Crippen LogP contribution in [0.1, 0.15) is 21.5 Å². The number of benzene rings is 2. The first-order chi connectivity index (χ1) is 16.6. The minimum absolute atomic E-state index is 0.0419. The number of nitriles is 1. The number of nitro groups is 2. The Balaban J connectivity index is 2.35. The molecule has 0 aliphatic carbocycles. The molecule has 13 heteroatoms. The molecule has 0 aromatic heterocycles. The van der Waals surface area contributed by atoms with Gasteiger partial charge in [-0.3, -0.25) is 25.0 Å². The van der Waals surface area contributed by atoms with Gasteiger partial charge in [-0.1, -0.05) is 6.07 Å². The zero-order valence-corrected chi connectivity index (χ0v) is 18.9. The SMILES string of the molecule is COCCNC(=O)/C(C#N)=C/c1ccc(OC(=O)c2cc([N+](=O)[O-])c(C)c([N+](=O)[O-])c2)c(OC)c1. The van der Waals surface area contributed by atoms with Gasteiger partial charge in [0.15, 0.2) is 11.5 Å². The number of hydrogen-bond acceptors (Lipinski definition) is 10. The largest absolute Gasteiger partial charge is 0.493 e. The van der Waals surface area contributed by atoms with Crippen LogP contribution in [0.2, 0.25) is 0 Å². The van der Waals surface area contributed by atoms with Crippen molar-refractivity contribution in [2.75, 3.05) is 27.4 Å². The molecule has 2 rings (SSSR count). The molecule has 0 heterocycles. The highest BCUT2D eigenvalue weighted by atomic mass is 16.6. The molecule has 0 unspecified atom stereocenters. The Morgan fingerprint density at radius 2 is 1.71 bits per heavy atom. The van der Waals surface area contributed by atoms with Crippen molar-refractivity contribution in [1.82, 2.24) is 5.32 Å². The maximum atomic E-state index is 12.6. The van der Waals surface area contributed by atoms with Gasteiger partial charge in [0.2, 0.25) is 0 Å². The van der Waals surface area contributed by atoms with Crippen molar-refractivity contribution in [2.45, 2.75) is 6.92 Å². The number of esters is 1. The normalized spacial score (nSPS) is 10.7. The van der Waals surface area contributed by atoms with Gasteiger partial charge in [0, 0.05) is 25.8 Å². The van der Waals surface area contributed by atoms with Gasteiger partial charge in [0.05, 0.1) is 29.1 Å². The Kier molecular flexibility index (Phi) is 8.96. The second-order valence-electron chi connectivity index (χ2n) is 6.87. The first-order valence-corrected chi connectivity index (χ1v) is 9.85. The van der Waals surface area contributed by atoms with E-state index in [1.54, 1.807) is 6.07 Å². The quantitative estimate of drug-likeness (QED) is 0.1000. The van der Waals surface area contributed by atoms with Crippen LogP contribution < -0.4 is 14.8 Å². The number of rotatable bonds is 10. The summed E-state index contributed by atoms with van der Waals surface area (Å²) in [6.07, 6.45) is 1.29. The van der Waals surface area contributed by atoms with Crippen LogP contribution in [0.5, 0.6) is 11.5 Å². The smallest absolute Gasteiger partial charge is 0.344 e. The zero-order valence-electron chi connectivity index (χ0n) is 18.9. The average molecular weight is 484 g/mol. The van der Waals surface area contributed by atoms with Crippen LogP contribution in [-0.2, 0) is 9.53 Å².